The van der Waals surface area contributed by atoms with Crippen LogP contribution in [-0.4, -0.2) is 30.3 Å². The van der Waals surface area contributed by atoms with Crippen molar-refractivity contribution in [1.82, 2.24) is 15.5 Å². The number of rotatable bonds is 6. The molecule has 2 aromatic heterocycles. The molecule has 2 heterocycles. The maximum Gasteiger partial charge on any atom is 0.259 e. The van der Waals surface area contributed by atoms with Crippen LogP contribution in [-0.2, 0) is 6.54 Å². The number of nitrogens with one attached hydrogen (secondary N) is 1. The fraction of sp³-hybridized carbons (Fsp3) is 0.174. The number of methoxy groups -OCH3 is 2. The van der Waals surface area contributed by atoms with Crippen molar-refractivity contribution in [2.75, 3.05) is 14.2 Å². The van der Waals surface area contributed by atoms with Crippen molar-refractivity contribution in [2.45, 2.75) is 13.5 Å². The Morgan fingerprint density at radius 2 is 1.87 bits per heavy atom. The Hall–Kier alpha value is -3.87. The van der Waals surface area contributed by atoms with Gasteiger partial charge < -0.3 is 19.3 Å². The zero-order chi connectivity index (χ0) is 21.1. The Labute approximate surface area is 173 Å². The summed E-state index contributed by atoms with van der Waals surface area (Å²) in [7, 11) is 3.18. The summed E-state index contributed by atoms with van der Waals surface area (Å²) in [6, 6.07) is 16.8. The van der Waals surface area contributed by atoms with E-state index in [4.69, 9.17) is 14.0 Å². The van der Waals surface area contributed by atoms with Crippen LogP contribution in [0.25, 0.3) is 22.4 Å². The van der Waals surface area contributed by atoms with E-state index >= 15 is 0 Å². The summed E-state index contributed by atoms with van der Waals surface area (Å²) >= 11 is 0. The molecule has 0 saturated heterocycles. The Kier molecular flexibility index (Phi) is 5.34. The maximum absolute atomic E-state index is 13.1. The molecule has 7 heteroatoms. The monoisotopic (exact) mass is 403 g/mol. The summed E-state index contributed by atoms with van der Waals surface area (Å²) in [5.74, 6) is 1.10. The number of hydrogen-bond donors (Lipinski definition) is 1. The maximum atomic E-state index is 13.1. The van der Waals surface area contributed by atoms with Gasteiger partial charge in [0.2, 0.25) is 0 Å². The molecule has 0 unspecified atom stereocenters. The molecule has 152 valence electrons. The molecule has 0 aliphatic carbocycles. The number of amides is 1. The molecule has 30 heavy (non-hydrogen) atoms. The molecule has 1 amide bonds. The lowest BCUT2D eigenvalue weighted by molar-refractivity contribution is 0.0952. The van der Waals surface area contributed by atoms with Crippen molar-refractivity contribution in [3.63, 3.8) is 0 Å². The van der Waals surface area contributed by atoms with Crippen LogP contribution >= 0.6 is 0 Å². The summed E-state index contributed by atoms with van der Waals surface area (Å²) in [6.45, 7) is 2.06. The molecule has 0 radical (unpaired) electrons. The second kappa shape index (κ2) is 8.24. The summed E-state index contributed by atoms with van der Waals surface area (Å²) in [5, 5.41) is 7.55. The Morgan fingerprint density at radius 3 is 2.60 bits per heavy atom. The summed E-state index contributed by atoms with van der Waals surface area (Å²) in [6.07, 6.45) is 0. The lowest BCUT2D eigenvalue weighted by atomic mass is 10.0. The first-order valence-corrected chi connectivity index (χ1v) is 9.42. The number of fused-ring (bicyclic) bond motifs is 1. The standard InChI is InChI=1S/C23H21N3O4/c1-14-21-18(12-19(25-23(21)30-26-14)15-7-5-4-6-8-15)22(27)24-13-16-11-17(28-2)9-10-20(16)29-3/h4-12H,13H2,1-3H3,(H,24,27). The first kappa shape index (κ1) is 19.4. The number of aryl methyl sites for hydroxylation is 1. The fourth-order valence-electron chi connectivity index (χ4n) is 3.32. The van der Waals surface area contributed by atoms with Crippen LogP contribution in [0.1, 0.15) is 21.6 Å². The highest BCUT2D eigenvalue weighted by Crippen LogP contribution is 2.28. The molecule has 0 saturated carbocycles. The van der Waals surface area contributed by atoms with Gasteiger partial charge in [0.1, 0.15) is 11.5 Å². The topological polar surface area (TPSA) is 86.5 Å². The van der Waals surface area contributed by atoms with Crippen LogP contribution in [0.5, 0.6) is 11.5 Å². The third-order valence-electron chi connectivity index (χ3n) is 4.86. The van der Waals surface area contributed by atoms with E-state index in [1.54, 1.807) is 27.2 Å². The predicted octanol–water partition coefficient (Wildman–Crippen LogP) is 4.15. The number of pyridine rings is 1. The van der Waals surface area contributed by atoms with E-state index in [0.717, 1.165) is 11.1 Å². The number of ether oxygens (including phenoxy) is 2. The molecule has 0 aliphatic heterocycles. The Morgan fingerprint density at radius 1 is 1.07 bits per heavy atom. The highest BCUT2D eigenvalue weighted by molar-refractivity contribution is 6.07. The van der Waals surface area contributed by atoms with Crippen molar-refractivity contribution in [1.29, 1.82) is 0 Å². The van der Waals surface area contributed by atoms with E-state index in [-0.39, 0.29) is 12.5 Å². The van der Waals surface area contributed by atoms with Crippen LogP contribution in [0, 0.1) is 6.92 Å². The van der Waals surface area contributed by atoms with Crippen LogP contribution in [0.2, 0.25) is 0 Å². The van der Waals surface area contributed by atoms with Gasteiger partial charge >= 0.3 is 0 Å². The molecule has 0 aliphatic rings. The van der Waals surface area contributed by atoms with Crippen LogP contribution in [0.4, 0.5) is 0 Å². The molecule has 4 rings (SSSR count). The second-order valence-electron chi connectivity index (χ2n) is 6.73. The molecule has 4 aromatic rings. The number of carbonyl (C=O) groups is 1. The largest absolute Gasteiger partial charge is 0.497 e. The second-order valence-corrected chi connectivity index (χ2v) is 6.73. The van der Waals surface area contributed by atoms with Gasteiger partial charge in [-0.15, -0.1) is 0 Å². The summed E-state index contributed by atoms with van der Waals surface area (Å²) < 4.78 is 16.0. The number of aromatic nitrogens is 2. The fourth-order valence-corrected chi connectivity index (χ4v) is 3.32. The minimum absolute atomic E-state index is 0.254. The number of hydrogen-bond acceptors (Lipinski definition) is 6. The van der Waals surface area contributed by atoms with E-state index in [9.17, 15) is 4.79 Å². The van der Waals surface area contributed by atoms with Gasteiger partial charge in [-0.3, -0.25) is 4.79 Å². The first-order chi connectivity index (χ1) is 14.6. The van der Waals surface area contributed by atoms with Gasteiger partial charge in [-0.1, -0.05) is 35.5 Å². The zero-order valence-electron chi connectivity index (χ0n) is 16.9. The number of benzene rings is 2. The van der Waals surface area contributed by atoms with E-state index in [1.165, 1.54) is 0 Å². The van der Waals surface area contributed by atoms with Crippen LogP contribution in [0.15, 0.2) is 59.1 Å². The van der Waals surface area contributed by atoms with E-state index in [1.807, 2.05) is 48.5 Å². The van der Waals surface area contributed by atoms with Crippen LogP contribution in [0.3, 0.4) is 0 Å². The molecule has 2 aromatic carbocycles. The lowest BCUT2D eigenvalue weighted by Gasteiger charge is -2.12. The molecule has 0 bridgehead atoms. The third-order valence-corrected chi connectivity index (χ3v) is 4.86. The van der Waals surface area contributed by atoms with Crippen molar-refractivity contribution >= 4 is 17.0 Å². The molecular formula is C23H21N3O4. The molecule has 0 spiro atoms. The molecule has 1 N–H and O–H groups in total. The van der Waals surface area contributed by atoms with Gasteiger partial charge in [0.05, 0.1) is 36.6 Å². The minimum atomic E-state index is -0.254. The molecule has 7 nitrogen and oxygen atoms in total. The summed E-state index contributed by atoms with van der Waals surface area (Å²) in [4.78, 5) is 17.7. The van der Waals surface area contributed by atoms with Gasteiger partial charge in [0.25, 0.3) is 11.6 Å². The van der Waals surface area contributed by atoms with Crippen molar-refractivity contribution in [3.05, 3.63) is 71.4 Å². The van der Waals surface area contributed by atoms with Crippen molar-refractivity contribution < 1.29 is 18.8 Å². The summed E-state index contributed by atoms with van der Waals surface area (Å²) in [5.41, 5.74) is 3.74. The molecule has 0 atom stereocenters. The van der Waals surface area contributed by atoms with E-state index in [2.05, 4.69) is 15.5 Å². The van der Waals surface area contributed by atoms with Crippen LogP contribution < -0.4 is 14.8 Å². The molecular weight excluding hydrogens is 382 g/mol. The third kappa shape index (κ3) is 3.69. The normalized spacial score (nSPS) is 10.8. The highest BCUT2D eigenvalue weighted by Gasteiger charge is 2.19. The predicted molar refractivity (Wildman–Crippen MR) is 113 cm³/mol. The van der Waals surface area contributed by atoms with Gasteiger partial charge in [-0.25, -0.2) is 4.98 Å². The Balaban J connectivity index is 1.69. The quantitative estimate of drug-likeness (QED) is 0.521. The van der Waals surface area contributed by atoms with Crippen molar-refractivity contribution in [2.24, 2.45) is 0 Å². The highest BCUT2D eigenvalue weighted by atomic mass is 16.5. The average Bonchev–Trinajstić information content (AvgIpc) is 3.17. The smallest absolute Gasteiger partial charge is 0.259 e. The average molecular weight is 403 g/mol. The van der Waals surface area contributed by atoms with E-state index < -0.39 is 0 Å². The zero-order valence-corrected chi connectivity index (χ0v) is 16.9. The first-order valence-electron chi connectivity index (χ1n) is 9.42. The van der Waals surface area contributed by atoms with Gasteiger partial charge in [-0.05, 0) is 31.2 Å². The van der Waals surface area contributed by atoms with Gasteiger partial charge in [-0.2, -0.15) is 0 Å². The number of carbonyl (C=O) groups excluding carboxylic acids is 1. The minimum Gasteiger partial charge on any atom is -0.497 e. The molecule has 0 fully saturated rings. The van der Waals surface area contributed by atoms with Gasteiger partial charge in [0.15, 0.2) is 0 Å². The van der Waals surface area contributed by atoms with Gasteiger partial charge in [0, 0.05) is 17.7 Å². The number of nitrogens with zero attached hydrogens (tertiary/aromatic N) is 2. The van der Waals surface area contributed by atoms with Crippen molar-refractivity contribution in [3.8, 4) is 22.8 Å². The lowest BCUT2D eigenvalue weighted by Crippen LogP contribution is -2.23. The van der Waals surface area contributed by atoms with E-state index in [0.29, 0.717) is 39.6 Å². The SMILES string of the molecule is COc1ccc(OC)c(CNC(=O)c2cc(-c3ccccc3)nc3onc(C)c23)c1. The Bertz CT molecular complexity index is 1200.